The van der Waals surface area contributed by atoms with Crippen LogP contribution in [0.4, 0.5) is 0 Å². The van der Waals surface area contributed by atoms with Crippen LogP contribution < -0.4 is 10.1 Å². The molecule has 6 heteroatoms. The summed E-state index contributed by atoms with van der Waals surface area (Å²) < 4.78 is 7.11. The molecule has 0 saturated heterocycles. The molecule has 3 rings (SSSR count). The molecule has 1 aliphatic carbocycles. The SMILES string of the molecule is COc1ccc(-n2nnnc2C2(NC(C)C)CCC(C)CC2)cc1. The van der Waals surface area contributed by atoms with Gasteiger partial charge in [-0.25, -0.2) is 0 Å². The van der Waals surface area contributed by atoms with E-state index in [1.807, 2.05) is 28.9 Å². The molecule has 24 heavy (non-hydrogen) atoms. The number of tetrazole rings is 1. The van der Waals surface area contributed by atoms with Crippen LogP contribution in [0.2, 0.25) is 0 Å². The monoisotopic (exact) mass is 329 g/mol. The first kappa shape index (κ1) is 16.9. The smallest absolute Gasteiger partial charge is 0.176 e. The molecule has 1 aromatic carbocycles. The van der Waals surface area contributed by atoms with E-state index in [9.17, 15) is 0 Å². The van der Waals surface area contributed by atoms with Crippen molar-refractivity contribution in [3.63, 3.8) is 0 Å². The zero-order chi connectivity index (χ0) is 17.2. The highest BCUT2D eigenvalue weighted by atomic mass is 16.5. The molecule has 0 amide bonds. The first-order valence-corrected chi connectivity index (χ1v) is 8.75. The number of nitrogens with one attached hydrogen (secondary N) is 1. The summed E-state index contributed by atoms with van der Waals surface area (Å²) in [5.74, 6) is 2.50. The Morgan fingerprint density at radius 3 is 2.46 bits per heavy atom. The molecule has 130 valence electrons. The lowest BCUT2D eigenvalue weighted by Crippen LogP contribution is -2.49. The fraction of sp³-hybridized carbons (Fsp3) is 0.611. The van der Waals surface area contributed by atoms with Crippen LogP contribution in [0.1, 0.15) is 52.3 Å². The lowest BCUT2D eigenvalue weighted by atomic mass is 9.76. The van der Waals surface area contributed by atoms with E-state index < -0.39 is 0 Å². The maximum atomic E-state index is 5.24. The van der Waals surface area contributed by atoms with Crippen molar-refractivity contribution in [2.45, 2.75) is 58.0 Å². The standard InChI is InChI=1S/C18H27N5O/c1-13(2)19-18(11-9-14(3)10-12-18)17-20-21-22-23(17)15-5-7-16(24-4)8-6-15/h5-8,13-14,19H,9-12H2,1-4H3. The highest BCUT2D eigenvalue weighted by Crippen LogP contribution is 2.39. The Balaban J connectivity index is 1.98. The minimum Gasteiger partial charge on any atom is -0.497 e. The van der Waals surface area contributed by atoms with Crippen LogP contribution in [0.5, 0.6) is 5.75 Å². The van der Waals surface area contributed by atoms with Crippen LogP contribution in [0.25, 0.3) is 5.69 Å². The zero-order valence-electron chi connectivity index (χ0n) is 15.0. The summed E-state index contributed by atoms with van der Waals surface area (Å²) in [4.78, 5) is 0. The summed E-state index contributed by atoms with van der Waals surface area (Å²) in [6.07, 6.45) is 4.50. The van der Waals surface area contributed by atoms with Crippen molar-refractivity contribution in [3.8, 4) is 11.4 Å². The molecular formula is C18H27N5O. The van der Waals surface area contributed by atoms with E-state index in [0.29, 0.717) is 6.04 Å². The van der Waals surface area contributed by atoms with Crippen LogP contribution in [0, 0.1) is 5.92 Å². The van der Waals surface area contributed by atoms with E-state index in [2.05, 4.69) is 41.6 Å². The average molecular weight is 329 g/mol. The van der Waals surface area contributed by atoms with Crippen molar-refractivity contribution in [2.75, 3.05) is 7.11 Å². The largest absolute Gasteiger partial charge is 0.497 e. The Bertz CT molecular complexity index is 656. The second-order valence-corrected chi connectivity index (χ2v) is 7.18. The van der Waals surface area contributed by atoms with E-state index in [-0.39, 0.29) is 5.54 Å². The predicted octanol–water partition coefficient (Wildman–Crippen LogP) is 3.07. The van der Waals surface area contributed by atoms with Gasteiger partial charge in [-0.1, -0.05) is 6.92 Å². The molecule has 2 aromatic rings. The fourth-order valence-electron chi connectivity index (χ4n) is 3.62. The maximum absolute atomic E-state index is 5.24. The van der Waals surface area contributed by atoms with E-state index in [4.69, 9.17) is 4.74 Å². The van der Waals surface area contributed by atoms with Gasteiger partial charge in [0, 0.05) is 6.04 Å². The molecular weight excluding hydrogens is 302 g/mol. The van der Waals surface area contributed by atoms with Crippen LogP contribution >= 0.6 is 0 Å². The third kappa shape index (κ3) is 3.29. The van der Waals surface area contributed by atoms with Crippen molar-refractivity contribution in [2.24, 2.45) is 5.92 Å². The highest BCUT2D eigenvalue weighted by Gasteiger charge is 2.40. The van der Waals surface area contributed by atoms with Crippen LogP contribution in [0.15, 0.2) is 24.3 Å². The van der Waals surface area contributed by atoms with Gasteiger partial charge in [0.05, 0.1) is 18.3 Å². The Hall–Kier alpha value is -1.95. The average Bonchev–Trinajstić information content (AvgIpc) is 3.07. The number of ether oxygens (including phenoxy) is 1. The number of benzene rings is 1. The molecule has 1 N–H and O–H groups in total. The van der Waals surface area contributed by atoms with Crippen molar-refractivity contribution in [3.05, 3.63) is 30.1 Å². The van der Waals surface area contributed by atoms with Crippen LogP contribution in [-0.2, 0) is 5.54 Å². The van der Waals surface area contributed by atoms with Gasteiger partial charge in [-0.3, -0.25) is 0 Å². The van der Waals surface area contributed by atoms with Gasteiger partial charge in [-0.15, -0.1) is 5.10 Å². The fourth-order valence-corrected chi connectivity index (χ4v) is 3.62. The zero-order valence-corrected chi connectivity index (χ0v) is 15.0. The van der Waals surface area contributed by atoms with E-state index >= 15 is 0 Å². The topological polar surface area (TPSA) is 64.9 Å². The molecule has 1 saturated carbocycles. The number of hydrogen-bond acceptors (Lipinski definition) is 5. The van der Waals surface area contributed by atoms with E-state index in [1.165, 1.54) is 12.8 Å². The molecule has 0 radical (unpaired) electrons. The van der Waals surface area contributed by atoms with E-state index in [0.717, 1.165) is 36.0 Å². The Kier molecular flexibility index (Phi) is 4.85. The Morgan fingerprint density at radius 1 is 1.21 bits per heavy atom. The van der Waals surface area contributed by atoms with Crippen LogP contribution in [0.3, 0.4) is 0 Å². The number of nitrogens with zero attached hydrogens (tertiary/aromatic N) is 4. The summed E-state index contributed by atoms with van der Waals surface area (Å²) in [5.41, 5.74) is 0.795. The first-order chi connectivity index (χ1) is 11.5. The molecule has 0 bridgehead atoms. The first-order valence-electron chi connectivity index (χ1n) is 8.75. The van der Waals surface area contributed by atoms with Gasteiger partial charge in [0.2, 0.25) is 0 Å². The van der Waals surface area contributed by atoms with Crippen molar-refractivity contribution in [1.82, 2.24) is 25.5 Å². The predicted molar refractivity (Wildman–Crippen MR) is 93.3 cm³/mol. The molecule has 1 aromatic heterocycles. The third-order valence-electron chi connectivity index (χ3n) is 4.91. The van der Waals surface area contributed by atoms with Gasteiger partial charge in [0.15, 0.2) is 5.82 Å². The van der Waals surface area contributed by atoms with Gasteiger partial charge in [0.25, 0.3) is 0 Å². The van der Waals surface area contributed by atoms with Crippen molar-refractivity contribution < 1.29 is 4.74 Å². The van der Waals surface area contributed by atoms with Crippen molar-refractivity contribution in [1.29, 1.82) is 0 Å². The quantitative estimate of drug-likeness (QED) is 0.913. The number of aromatic nitrogens is 4. The summed E-state index contributed by atoms with van der Waals surface area (Å²) in [6.45, 7) is 6.69. The van der Waals surface area contributed by atoms with Gasteiger partial charge in [0.1, 0.15) is 5.75 Å². The van der Waals surface area contributed by atoms with Crippen molar-refractivity contribution >= 4 is 0 Å². The van der Waals surface area contributed by atoms with Gasteiger partial charge in [-0.05, 0) is 80.1 Å². The summed E-state index contributed by atoms with van der Waals surface area (Å²) in [7, 11) is 1.67. The number of hydrogen-bond donors (Lipinski definition) is 1. The molecule has 0 aliphatic heterocycles. The molecule has 1 fully saturated rings. The van der Waals surface area contributed by atoms with Gasteiger partial charge >= 0.3 is 0 Å². The lowest BCUT2D eigenvalue weighted by molar-refractivity contribution is 0.170. The molecule has 6 nitrogen and oxygen atoms in total. The van der Waals surface area contributed by atoms with Gasteiger partial charge < -0.3 is 10.1 Å². The minimum absolute atomic E-state index is 0.163. The highest BCUT2D eigenvalue weighted by molar-refractivity contribution is 5.37. The lowest BCUT2D eigenvalue weighted by Gasteiger charge is -2.40. The Labute approximate surface area is 143 Å². The molecule has 1 heterocycles. The third-order valence-corrected chi connectivity index (χ3v) is 4.91. The maximum Gasteiger partial charge on any atom is 0.176 e. The molecule has 1 aliphatic rings. The molecule has 0 atom stereocenters. The molecule has 0 unspecified atom stereocenters. The number of rotatable bonds is 5. The normalized spacial score (nSPS) is 24.3. The van der Waals surface area contributed by atoms with E-state index in [1.54, 1.807) is 7.11 Å². The summed E-state index contributed by atoms with van der Waals surface area (Å²) in [5, 5.41) is 16.4. The minimum atomic E-state index is -0.163. The second-order valence-electron chi connectivity index (χ2n) is 7.18. The second kappa shape index (κ2) is 6.89. The van der Waals surface area contributed by atoms with Crippen LogP contribution in [-0.4, -0.2) is 33.4 Å². The summed E-state index contributed by atoms with van der Waals surface area (Å²) >= 11 is 0. The summed E-state index contributed by atoms with van der Waals surface area (Å²) in [6, 6.07) is 8.23. The molecule has 0 spiro atoms. The Morgan fingerprint density at radius 2 is 1.88 bits per heavy atom. The van der Waals surface area contributed by atoms with Gasteiger partial charge in [-0.2, -0.15) is 4.68 Å². The number of methoxy groups -OCH3 is 1.